The van der Waals surface area contributed by atoms with Gasteiger partial charge >= 0.3 is 0 Å². The van der Waals surface area contributed by atoms with E-state index in [4.69, 9.17) is 0 Å². The molecule has 2 aromatic rings. The molecule has 2 N–H and O–H groups in total. The fourth-order valence-corrected chi connectivity index (χ4v) is 2.02. The van der Waals surface area contributed by atoms with Crippen LogP contribution in [0.25, 0.3) is 11.3 Å². The molecule has 0 radical (unpaired) electrons. The van der Waals surface area contributed by atoms with Crippen LogP contribution in [0.2, 0.25) is 0 Å². The van der Waals surface area contributed by atoms with Crippen LogP contribution >= 0.6 is 12.4 Å². The van der Waals surface area contributed by atoms with E-state index in [0.717, 1.165) is 11.3 Å². The van der Waals surface area contributed by atoms with Crippen LogP contribution in [0.5, 0.6) is 0 Å². The first-order valence-corrected chi connectivity index (χ1v) is 6.66. The number of rotatable bonds is 5. The third kappa shape index (κ3) is 4.31. The van der Waals surface area contributed by atoms with Crippen LogP contribution in [0.3, 0.4) is 0 Å². The lowest BCUT2D eigenvalue weighted by Gasteiger charge is -2.04. The van der Waals surface area contributed by atoms with Gasteiger partial charge < -0.3 is 10.6 Å². The van der Waals surface area contributed by atoms with Gasteiger partial charge in [0.15, 0.2) is 0 Å². The van der Waals surface area contributed by atoms with E-state index in [9.17, 15) is 4.79 Å². The lowest BCUT2D eigenvalue weighted by Crippen LogP contribution is -2.19. The van der Waals surface area contributed by atoms with Gasteiger partial charge in [-0.25, -0.2) is 0 Å². The fourth-order valence-electron chi connectivity index (χ4n) is 2.02. The Hall–Kier alpha value is -1.85. The van der Waals surface area contributed by atoms with Crippen molar-refractivity contribution in [2.75, 3.05) is 18.9 Å². The van der Waals surface area contributed by atoms with Gasteiger partial charge in [0.05, 0.1) is 5.69 Å². The van der Waals surface area contributed by atoms with Crippen molar-refractivity contribution in [1.82, 2.24) is 15.1 Å². The number of hydrogen-bond donors (Lipinski definition) is 2. The zero-order valence-corrected chi connectivity index (χ0v) is 13.3. The summed E-state index contributed by atoms with van der Waals surface area (Å²) in [7, 11) is 3.66. The van der Waals surface area contributed by atoms with E-state index >= 15 is 0 Å². The summed E-state index contributed by atoms with van der Waals surface area (Å²) >= 11 is 0. The molecule has 0 bridgehead atoms. The van der Waals surface area contributed by atoms with Gasteiger partial charge in [-0.2, -0.15) is 5.10 Å². The van der Waals surface area contributed by atoms with Crippen molar-refractivity contribution in [3.8, 4) is 11.3 Å². The maximum absolute atomic E-state index is 11.7. The number of nitrogens with zero attached hydrogens (tertiary/aromatic N) is 2. The van der Waals surface area contributed by atoms with E-state index in [2.05, 4.69) is 28.7 Å². The van der Waals surface area contributed by atoms with Gasteiger partial charge in [-0.15, -0.1) is 12.4 Å². The van der Waals surface area contributed by atoms with E-state index < -0.39 is 0 Å². The van der Waals surface area contributed by atoms with E-state index in [1.54, 1.807) is 4.68 Å². The van der Waals surface area contributed by atoms with Crippen molar-refractivity contribution < 1.29 is 4.79 Å². The van der Waals surface area contributed by atoms with Crippen LogP contribution < -0.4 is 10.6 Å². The van der Waals surface area contributed by atoms with Gasteiger partial charge in [-0.1, -0.05) is 24.3 Å². The van der Waals surface area contributed by atoms with Gasteiger partial charge in [0.25, 0.3) is 0 Å². The van der Waals surface area contributed by atoms with E-state index in [-0.39, 0.29) is 18.3 Å². The van der Waals surface area contributed by atoms with Gasteiger partial charge in [-0.3, -0.25) is 9.48 Å². The quantitative estimate of drug-likeness (QED) is 0.891. The molecule has 0 atom stereocenters. The molecule has 114 valence electrons. The van der Waals surface area contributed by atoms with Crippen LogP contribution in [0.4, 0.5) is 5.82 Å². The largest absolute Gasteiger partial charge is 0.319 e. The Morgan fingerprint density at radius 2 is 2.05 bits per heavy atom. The molecule has 1 amide bonds. The zero-order valence-electron chi connectivity index (χ0n) is 12.5. The monoisotopic (exact) mass is 308 g/mol. The molecule has 0 aliphatic rings. The molecule has 0 spiro atoms. The number of nitrogens with one attached hydrogen (secondary N) is 2. The lowest BCUT2D eigenvalue weighted by molar-refractivity contribution is -0.116. The average Bonchev–Trinajstić information content (AvgIpc) is 2.78. The number of anilines is 1. The number of benzene rings is 1. The van der Waals surface area contributed by atoms with Crippen LogP contribution in [0.1, 0.15) is 12.0 Å². The number of carbonyl (C=O) groups is 1. The van der Waals surface area contributed by atoms with Gasteiger partial charge in [-0.05, 0) is 19.5 Å². The smallest absolute Gasteiger partial charge is 0.226 e. The highest BCUT2D eigenvalue weighted by molar-refractivity contribution is 5.90. The van der Waals surface area contributed by atoms with E-state index in [1.807, 2.05) is 38.4 Å². The molecule has 1 aromatic carbocycles. The Bertz CT molecular complexity index is 609. The number of carbonyl (C=O) groups excluding carboxylic acids is 1. The predicted octanol–water partition coefficient (Wildman–Crippen LogP) is 2.37. The van der Waals surface area contributed by atoms with E-state index in [0.29, 0.717) is 18.8 Å². The molecule has 0 unspecified atom stereocenters. The minimum absolute atomic E-state index is 0. The Morgan fingerprint density at radius 3 is 2.71 bits per heavy atom. The number of halogens is 1. The predicted molar refractivity (Wildman–Crippen MR) is 87.8 cm³/mol. The average molecular weight is 309 g/mol. The highest BCUT2D eigenvalue weighted by Crippen LogP contribution is 2.24. The van der Waals surface area contributed by atoms with Crippen molar-refractivity contribution in [2.45, 2.75) is 13.3 Å². The molecule has 0 aliphatic carbocycles. The third-order valence-electron chi connectivity index (χ3n) is 3.17. The summed E-state index contributed by atoms with van der Waals surface area (Å²) < 4.78 is 1.69. The topological polar surface area (TPSA) is 59.0 Å². The summed E-state index contributed by atoms with van der Waals surface area (Å²) in [6, 6.07) is 9.98. The first kappa shape index (κ1) is 17.2. The van der Waals surface area contributed by atoms with Crippen molar-refractivity contribution in [1.29, 1.82) is 0 Å². The first-order valence-electron chi connectivity index (χ1n) is 6.66. The van der Waals surface area contributed by atoms with Crippen LogP contribution in [0.15, 0.2) is 30.3 Å². The van der Waals surface area contributed by atoms with Gasteiger partial charge in [0.1, 0.15) is 5.82 Å². The second-order valence-electron chi connectivity index (χ2n) is 4.76. The summed E-state index contributed by atoms with van der Waals surface area (Å²) in [4.78, 5) is 11.7. The highest BCUT2D eigenvalue weighted by Gasteiger charge is 2.11. The molecule has 2 rings (SSSR count). The minimum atomic E-state index is -0.0151. The summed E-state index contributed by atoms with van der Waals surface area (Å²) in [5.41, 5.74) is 3.12. The van der Waals surface area contributed by atoms with Crippen molar-refractivity contribution in [3.05, 3.63) is 35.9 Å². The van der Waals surface area contributed by atoms with Crippen molar-refractivity contribution in [2.24, 2.45) is 7.05 Å². The SMILES string of the molecule is CNCCC(=O)Nc1cc(-c2ccccc2C)nn1C.Cl. The zero-order chi connectivity index (χ0) is 14.5. The molecule has 0 fully saturated rings. The molecule has 0 saturated heterocycles. The Labute approximate surface area is 131 Å². The molecule has 0 aliphatic heterocycles. The molecule has 21 heavy (non-hydrogen) atoms. The molecule has 0 saturated carbocycles. The number of hydrogen-bond acceptors (Lipinski definition) is 3. The minimum Gasteiger partial charge on any atom is -0.319 e. The fraction of sp³-hybridized carbons (Fsp3) is 0.333. The standard InChI is InChI=1S/C15H20N4O.ClH/c1-11-6-4-5-7-12(11)13-10-14(19(3)18-13)17-15(20)8-9-16-2;/h4-7,10,16H,8-9H2,1-3H3,(H,17,20);1H. The molecule has 6 heteroatoms. The first-order chi connectivity index (χ1) is 9.61. The van der Waals surface area contributed by atoms with E-state index in [1.165, 1.54) is 5.56 Å². The summed E-state index contributed by atoms with van der Waals surface area (Å²) in [6.07, 6.45) is 0.446. The highest BCUT2D eigenvalue weighted by atomic mass is 35.5. The number of aryl methyl sites for hydroxylation is 2. The normalized spacial score (nSPS) is 10.0. The van der Waals surface area contributed by atoms with Crippen LogP contribution in [-0.2, 0) is 11.8 Å². The molecule has 5 nitrogen and oxygen atoms in total. The Balaban J connectivity index is 0.00000220. The molecule has 1 aromatic heterocycles. The third-order valence-corrected chi connectivity index (χ3v) is 3.17. The number of aromatic nitrogens is 2. The van der Waals surface area contributed by atoms with Crippen molar-refractivity contribution in [3.63, 3.8) is 0 Å². The molecular formula is C15H21ClN4O. The molecule has 1 heterocycles. The second kappa shape index (κ2) is 7.81. The van der Waals surface area contributed by atoms with Crippen LogP contribution in [-0.4, -0.2) is 29.3 Å². The number of amides is 1. The Morgan fingerprint density at radius 1 is 1.33 bits per heavy atom. The van der Waals surface area contributed by atoms with Crippen molar-refractivity contribution >= 4 is 24.1 Å². The van der Waals surface area contributed by atoms with Gasteiger partial charge in [0.2, 0.25) is 5.91 Å². The molecular weight excluding hydrogens is 288 g/mol. The second-order valence-corrected chi connectivity index (χ2v) is 4.76. The van der Waals surface area contributed by atoms with Crippen LogP contribution in [0, 0.1) is 6.92 Å². The maximum atomic E-state index is 11.7. The summed E-state index contributed by atoms with van der Waals surface area (Å²) in [5, 5.41) is 10.3. The summed E-state index contributed by atoms with van der Waals surface area (Å²) in [5.74, 6) is 0.697. The summed E-state index contributed by atoms with van der Waals surface area (Å²) in [6.45, 7) is 2.71. The van der Waals surface area contributed by atoms with Gasteiger partial charge in [0, 0.05) is 31.6 Å². The maximum Gasteiger partial charge on any atom is 0.226 e. The lowest BCUT2D eigenvalue weighted by atomic mass is 10.1. The Kier molecular flexibility index (Phi) is 6.39.